The molecule has 2 rings (SSSR count). The monoisotopic (exact) mass is 327 g/mol. The summed E-state index contributed by atoms with van der Waals surface area (Å²) < 4.78 is 0.943. The van der Waals surface area contributed by atoms with E-state index in [9.17, 15) is 4.79 Å². The molecule has 2 amide bonds. The third-order valence-corrected chi connectivity index (χ3v) is 3.64. The van der Waals surface area contributed by atoms with Crippen molar-refractivity contribution in [2.45, 2.75) is 0 Å². The number of piperazine rings is 1. The van der Waals surface area contributed by atoms with Crippen molar-refractivity contribution in [3.63, 3.8) is 0 Å². The average Bonchev–Trinajstić information content (AvgIpc) is 2.40. The van der Waals surface area contributed by atoms with Gasteiger partial charge in [-0.1, -0.05) is 22.0 Å². The Kier molecular flexibility index (Phi) is 5.18. The molecule has 0 saturated carbocycles. The van der Waals surface area contributed by atoms with Crippen LogP contribution in [0.3, 0.4) is 0 Å². The van der Waals surface area contributed by atoms with Crippen LogP contribution in [0.5, 0.6) is 0 Å². The summed E-state index contributed by atoms with van der Waals surface area (Å²) in [5.41, 5.74) is 0.789. The lowest BCUT2D eigenvalue weighted by molar-refractivity contribution is 0.127. The smallest absolute Gasteiger partial charge is 0.321 e. The number of nitrogens with one attached hydrogen (secondary N) is 1. The van der Waals surface area contributed by atoms with Gasteiger partial charge in [-0.2, -0.15) is 0 Å². The number of β-amino-alcohol motifs (C(OH)–C–C–N with tert-alkyl or cyclic N) is 1. The molecule has 0 atom stereocenters. The van der Waals surface area contributed by atoms with Crippen LogP contribution in [0.25, 0.3) is 0 Å². The highest BCUT2D eigenvalue weighted by atomic mass is 79.9. The first-order valence-electron chi connectivity index (χ1n) is 6.34. The second kappa shape index (κ2) is 6.88. The standard InChI is InChI=1S/C13H18BrN3O2/c14-11-2-1-3-12(10-11)15-13(19)17-6-4-16(5-7-17)8-9-18/h1-3,10,18H,4-9H2,(H,15,19). The number of nitrogens with zero attached hydrogens (tertiary/aromatic N) is 2. The third kappa shape index (κ3) is 4.19. The number of carbonyl (C=O) groups excluding carboxylic acids is 1. The fourth-order valence-corrected chi connectivity index (χ4v) is 2.48. The minimum absolute atomic E-state index is 0.0678. The normalized spacial score (nSPS) is 16.4. The van der Waals surface area contributed by atoms with E-state index < -0.39 is 0 Å². The topological polar surface area (TPSA) is 55.8 Å². The molecule has 0 spiro atoms. The van der Waals surface area contributed by atoms with E-state index in [1.807, 2.05) is 24.3 Å². The van der Waals surface area contributed by atoms with Crippen LogP contribution in [-0.2, 0) is 0 Å². The molecule has 1 aromatic rings. The summed E-state index contributed by atoms with van der Waals surface area (Å²) in [7, 11) is 0. The van der Waals surface area contributed by atoms with E-state index in [0.717, 1.165) is 23.2 Å². The highest BCUT2D eigenvalue weighted by Gasteiger charge is 2.20. The fourth-order valence-electron chi connectivity index (χ4n) is 2.08. The number of halogens is 1. The molecule has 6 heteroatoms. The summed E-state index contributed by atoms with van der Waals surface area (Å²) in [5, 5.41) is 11.8. The molecule has 0 bridgehead atoms. The van der Waals surface area contributed by atoms with Gasteiger partial charge in [0.25, 0.3) is 0 Å². The molecule has 1 aromatic carbocycles. The number of anilines is 1. The van der Waals surface area contributed by atoms with E-state index in [1.165, 1.54) is 0 Å². The number of aliphatic hydroxyl groups is 1. The lowest BCUT2D eigenvalue weighted by atomic mass is 10.3. The second-order valence-electron chi connectivity index (χ2n) is 4.49. The van der Waals surface area contributed by atoms with Crippen LogP contribution in [0.4, 0.5) is 10.5 Å². The summed E-state index contributed by atoms with van der Waals surface area (Å²) in [6.07, 6.45) is 0. The summed E-state index contributed by atoms with van der Waals surface area (Å²) in [4.78, 5) is 16.0. The molecule has 1 aliphatic heterocycles. The Bertz CT molecular complexity index is 434. The van der Waals surface area contributed by atoms with Gasteiger partial charge in [0.2, 0.25) is 0 Å². The third-order valence-electron chi connectivity index (χ3n) is 3.15. The number of hydrogen-bond acceptors (Lipinski definition) is 3. The van der Waals surface area contributed by atoms with Crippen LogP contribution in [-0.4, -0.2) is 60.3 Å². The average molecular weight is 328 g/mol. The highest BCUT2D eigenvalue weighted by molar-refractivity contribution is 9.10. The van der Waals surface area contributed by atoms with E-state index >= 15 is 0 Å². The van der Waals surface area contributed by atoms with Gasteiger partial charge in [-0.15, -0.1) is 0 Å². The first kappa shape index (κ1) is 14.3. The number of carbonyl (C=O) groups is 1. The number of rotatable bonds is 3. The molecule has 19 heavy (non-hydrogen) atoms. The first-order chi connectivity index (χ1) is 9.19. The Morgan fingerprint density at radius 2 is 2.05 bits per heavy atom. The van der Waals surface area contributed by atoms with Crippen molar-refractivity contribution in [1.29, 1.82) is 0 Å². The second-order valence-corrected chi connectivity index (χ2v) is 5.41. The quantitative estimate of drug-likeness (QED) is 0.886. The van der Waals surface area contributed by atoms with Gasteiger partial charge in [-0.3, -0.25) is 4.90 Å². The Labute approximate surface area is 121 Å². The van der Waals surface area contributed by atoms with E-state index in [0.29, 0.717) is 19.6 Å². The lowest BCUT2D eigenvalue weighted by Gasteiger charge is -2.34. The minimum Gasteiger partial charge on any atom is -0.395 e. The van der Waals surface area contributed by atoms with Gasteiger partial charge < -0.3 is 15.3 Å². The fraction of sp³-hybridized carbons (Fsp3) is 0.462. The van der Waals surface area contributed by atoms with Gasteiger partial charge in [0.15, 0.2) is 0 Å². The number of benzene rings is 1. The van der Waals surface area contributed by atoms with Crippen LogP contribution in [0.1, 0.15) is 0 Å². The molecular weight excluding hydrogens is 310 g/mol. The van der Waals surface area contributed by atoms with Crippen LogP contribution in [0.2, 0.25) is 0 Å². The molecule has 2 N–H and O–H groups in total. The number of amides is 2. The molecule has 1 fully saturated rings. The maximum Gasteiger partial charge on any atom is 0.321 e. The van der Waals surface area contributed by atoms with Crippen molar-refractivity contribution < 1.29 is 9.90 Å². The maximum atomic E-state index is 12.1. The summed E-state index contributed by atoms with van der Waals surface area (Å²) in [6.45, 7) is 3.87. The number of hydrogen-bond donors (Lipinski definition) is 2. The van der Waals surface area contributed by atoms with Gasteiger partial charge in [0.05, 0.1) is 6.61 Å². The predicted molar refractivity (Wildman–Crippen MR) is 78.3 cm³/mol. The van der Waals surface area contributed by atoms with Crippen molar-refractivity contribution in [3.8, 4) is 0 Å². The van der Waals surface area contributed by atoms with E-state index in [4.69, 9.17) is 5.11 Å². The van der Waals surface area contributed by atoms with Crippen molar-refractivity contribution in [2.75, 3.05) is 44.6 Å². The first-order valence-corrected chi connectivity index (χ1v) is 7.13. The number of urea groups is 1. The zero-order valence-corrected chi connectivity index (χ0v) is 12.3. The SMILES string of the molecule is O=C(Nc1cccc(Br)c1)N1CCN(CCO)CC1. The van der Waals surface area contributed by atoms with Crippen molar-refractivity contribution in [3.05, 3.63) is 28.7 Å². The maximum absolute atomic E-state index is 12.1. The summed E-state index contributed by atoms with van der Waals surface area (Å²) in [5.74, 6) is 0. The predicted octanol–water partition coefficient (Wildman–Crippen LogP) is 1.59. The molecule has 5 nitrogen and oxygen atoms in total. The lowest BCUT2D eigenvalue weighted by Crippen LogP contribution is -2.50. The van der Waals surface area contributed by atoms with Crippen LogP contribution >= 0.6 is 15.9 Å². The van der Waals surface area contributed by atoms with Gasteiger partial charge in [0, 0.05) is 42.9 Å². The Morgan fingerprint density at radius 1 is 1.32 bits per heavy atom. The Morgan fingerprint density at radius 3 is 2.68 bits per heavy atom. The van der Waals surface area contributed by atoms with E-state index in [2.05, 4.69) is 26.1 Å². The van der Waals surface area contributed by atoms with Gasteiger partial charge >= 0.3 is 6.03 Å². The molecule has 1 saturated heterocycles. The molecule has 0 aliphatic carbocycles. The highest BCUT2D eigenvalue weighted by Crippen LogP contribution is 2.16. The van der Waals surface area contributed by atoms with Crippen LogP contribution in [0, 0.1) is 0 Å². The largest absolute Gasteiger partial charge is 0.395 e. The van der Waals surface area contributed by atoms with Crippen LogP contribution < -0.4 is 5.32 Å². The van der Waals surface area contributed by atoms with Crippen molar-refractivity contribution in [1.82, 2.24) is 9.80 Å². The molecule has 1 aliphatic rings. The minimum atomic E-state index is -0.0678. The van der Waals surface area contributed by atoms with Gasteiger partial charge in [-0.05, 0) is 18.2 Å². The molecule has 1 heterocycles. The van der Waals surface area contributed by atoms with E-state index in [-0.39, 0.29) is 12.6 Å². The zero-order valence-electron chi connectivity index (χ0n) is 10.7. The molecular formula is C13H18BrN3O2. The molecule has 104 valence electrons. The zero-order chi connectivity index (χ0) is 13.7. The van der Waals surface area contributed by atoms with Crippen LogP contribution in [0.15, 0.2) is 28.7 Å². The van der Waals surface area contributed by atoms with Gasteiger partial charge in [-0.25, -0.2) is 4.79 Å². The van der Waals surface area contributed by atoms with Crippen molar-refractivity contribution >= 4 is 27.6 Å². The molecule has 0 radical (unpaired) electrons. The Hall–Kier alpha value is -1.11. The Balaban J connectivity index is 1.84. The summed E-state index contributed by atoms with van der Waals surface area (Å²) >= 11 is 3.38. The number of aliphatic hydroxyl groups excluding tert-OH is 1. The van der Waals surface area contributed by atoms with Gasteiger partial charge in [0.1, 0.15) is 0 Å². The van der Waals surface area contributed by atoms with E-state index in [1.54, 1.807) is 4.90 Å². The molecule has 0 unspecified atom stereocenters. The summed E-state index contributed by atoms with van der Waals surface area (Å²) in [6, 6.07) is 7.48. The van der Waals surface area contributed by atoms with Crippen molar-refractivity contribution in [2.24, 2.45) is 0 Å². The molecule has 0 aromatic heterocycles.